The molecular weight excluding hydrogens is 510 g/mol. The monoisotopic (exact) mass is 537 g/mol. The SMILES string of the molecule is C=CCOc1ccc(-c2nn(-c3ccccc3)cc2/C=C2\SC(=S)N(CCc3ccccc3)C2=O)cc1C. The van der Waals surface area contributed by atoms with Crippen molar-refractivity contribution in [2.24, 2.45) is 0 Å². The largest absolute Gasteiger partial charge is 0.489 e. The minimum absolute atomic E-state index is 0.0707. The van der Waals surface area contributed by atoms with Gasteiger partial charge in [0.1, 0.15) is 22.4 Å². The number of hydrogen-bond acceptors (Lipinski definition) is 5. The summed E-state index contributed by atoms with van der Waals surface area (Å²) in [6.07, 6.45) is 6.33. The molecule has 0 spiro atoms. The van der Waals surface area contributed by atoms with Gasteiger partial charge in [0.2, 0.25) is 0 Å². The molecule has 1 saturated heterocycles. The summed E-state index contributed by atoms with van der Waals surface area (Å²) in [5, 5.41) is 4.91. The van der Waals surface area contributed by atoms with Crippen molar-refractivity contribution < 1.29 is 9.53 Å². The standard InChI is InChI=1S/C31H27N3O2S2/c1-3-18-36-27-15-14-24(19-22(27)2)29-25(21-34(32-29)26-12-8-5-9-13-26)20-28-30(35)33(31(37)38-28)17-16-23-10-6-4-7-11-23/h3-15,19-21H,1,16-18H2,2H3/b28-20-. The molecule has 5 nitrogen and oxygen atoms in total. The first-order valence-corrected chi connectivity index (χ1v) is 13.5. The Bertz CT molecular complexity index is 1510. The van der Waals surface area contributed by atoms with Crippen molar-refractivity contribution in [1.29, 1.82) is 0 Å². The molecule has 190 valence electrons. The summed E-state index contributed by atoms with van der Waals surface area (Å²) >= 11 is 6.92. The maximum atomic E-state index is 13.4. The summed E-state index contributed by atoms with van der Waals surface area (Å²) in [6, 6.07) is 26.0. The Morgan fingerprint density at radius 2 is 1.79 bits per heavy atom. The van der Waals surface area contributed by atoms with Gasteiger partial charge in [-0.3, -0.25) is 9.69 Å². The summed E-state index contributed by atoms with van der Waals surface area (Å²) in [7, 11) is 0. The summed E-state index contributed by atoms with van der Waals surface area (Å²) in [4.78, 5) is 15.7. The van der Waals surface area contributed by atoms with Crippen LogP contribution in [0.2, 0.25) is 0 Å². The fourth-order valence-corrected chi connectivity index (χ4v) is 5.56. The van der Waals surface area contributed by atoms with Gasteiger partial charge in [-0.2, -0.15) is 5.10 Å². The molecule has 0 aliphatic carbocycles. The number of nitrogens with zero attached hydrogens (tertiary/aromatic N) is 3. The number of aryl methyl sites for hydroxylation is 1. The van der Waals surface area contributed by atoms with Crippen LogP contribution in [0.4, 0.5) is 0 Å². The maximum Gasteiger partial charge on any atom is 0.266 e. The Hall–Kier alpha value is -3.94. The lowest BCUT2D eigenvalue weighted by molar-refractivity contribution is -0.122. The van der Waals surface area contributed by atoms with Gasteiger partial charge in [0.25, 0.3) is 5.91 Å². The highest BCUT2D eigenvalue weighted by Gasteiger charge is 2.32. The van der Waals surface area contributed by atoms with E-state index in [2.05, 4.69) is 24.8 Å². The van der Waals surface area contributed by atoms with Gasteiger partial charge in [-0.05, 0) is 60.9 Å². The fourth-order valence-electron chi connectivity index (χ4n) is 4.26. The molecule has 4 aromatic rings. The lowest BCUT2D eigenvalue weighted by Crippen LogP contribution is -2.30. The Morgan fingerprint density at radius 1 is 1.05 bits per heavy atom. The van der Waals surface area contributed by atoms with Crippen LogP contribution in [0.25, 0.3) is 23.0 Å². The number of ether oxygens (including phenoxy) is 1. The third kappa shape index (κ3) is 5.64. The van der Waals surface area contributed by atoms with E-state index in [-0.39, 0.29) is 5.91 Å². The van der Waals surface area contributed by atoms with Gasteiger partial charge in [0.05, 0.1) is 10.6 Å². The molecule has 3 aromatic carbocycles. The topological polar surface area (TPSA) is 47.4 Å². The van der Waals surface area contributed by atoms with Crippen LogP contribution in [-0.2, 0) is 11.2 Å². The van der Waals surface area contributed by atoms with Crippen LogP contribution in [0, 0.1) is 6.92 Å². The van der Waals surface area contributed by atoms with Gasteiger partial charge in [-0.25, -0.2) is 4.68 Å². The van der Waals surface area contributed by atoms with Gasteiger partial charge in [-0.1, -0.05) is 85.2 Å². The molecule has 38 heavy (non-hydrogen) atoms. The van der Waals surface area contributed by atoms with Crippen molar-refractivity contribution >= 4 is 40.3 Å². The van der Waals surface area contributed by atoms with Crippen LogP contribution in [0.15, 0.2) is 103 Å². The third-order valence-electron chi connectivity index (χ3n) is 6.20. The number of thioether (sulfide) groups is 1. The molecule has 1 amide bonds. The van der Waals surface area contributed by atoms with Crippen LogP contribution in [-0.4, -0.2) is 38.1 Å². The molecule has 0 atom stereocenters. The van der Waals surface area contributed by atoms with E-state index < -0.39 is 0 Å². The zero-order valence-electron chi connectivity index (χ0n) is 21.0. The number of carbonyl (C=O) groups is 1. The number of amides is 1. The van der Waals surface area contributed by atoms with E-state index in [1.165, 1.54) is 17.3 Å². The van der Waals surface area contributed by atoms with Crippen LogP contribution < -0.4 is 4.74 Å². The predicted octanol–water partition coefficient (Wildman–Crippen LogP) is 6.86. The summed E-state index contributed by atoms with van der Waals surface area (Å²) in [6.45, 7) is 6.72. The molecule has 0 saturated carbocycles. The van der Waals surface area contributed by atoms with Gasteiger partial charge in [0, 0.05) is 23.9 Å². The van der Waals surface area contributed by atoms with Gasteiger partial charge >= 0.3 is 0 Å². The van der Waals surface area contributed by atoms with Crippen molar-refractivity contribution in [2.45, 2.75) is 13.3 Å². The number of carbonyl (C=O) groups excluding carboxylic acids is 1. The smallest absolute Gasteiger partial charge is 0.266 e. The quantitative estimate of drug-likeness (QED) is 0.133. The van der Waals surface area contributed by atoms with E-state index in [0.717, 1.165) is 40.2 Å². The molecule has 1 aliphatic heterocycles. The van der Waals surface area contributed by atoms with E-state index in [0.29, 0.717) is 22.4 Å². The molecule has 0 radical (unpaired) electrons. The van der Waals surface area contributed by atoms with E-state index in [4.69, 9.17) is 22.1 Å². The van der Waals surface area contributed by atoms with Crippen LogP contribution >= 0.6 is 24.0 Å². The maximum absolute atomic E-state index is 13.4. The molecule has 0 bridgehead atoms. The Kier molecular flexibility index (Phi) is 7.86. The minimum atomic E-state index is -0.0707. The van der Waals surface area contributed by atoms with Crippen LogP contribution in [0.3, 0.4) is 0 Å². The average molecular weight is 538 g/mol. The average Bonchev–Trinajstić information content (AvgIpc) is 3.48. The zero-order chi connectivity index (χ0) is 26.5. The Balaban J connectivity index is 1.48. The predicted molar refractivity (Wildman–Crippen MR) is 159 cm³/mol. The second kappa shape index (κ2) is 11.6. The highest BCUT2D eigenvalue weighted by Crippen LogP contribution is 2.35. The summed E-state index contributed by atoms with van der Waals surface area (Å²) < 4.78 is 8.18. The van der Waals surface area contributed by atoms with Crippen LogP contribution in [0.1, 0.15) is 16.7 Å². The second-order valence-corrected chi connectivity index (χ2v) is 10.5. The van der Waals surface area contributed by atoms with Gasteiger partial charge < -0.3 is 4.74 Å². The Labute approximate surface area is 232 Å². The zero-order valence-corrected chi connectivity index (χ0v) is 22.7. The fraction of sp³-hybridized carbons (Fsp3) is 0.129. The molecule has 5 rings (SSSR count). The van der Waals surface area contributed by atoms with Crippen molar-refractivity contribution in [2.75, 3.05) is 13.2 Å². The number of rotatable bonds is 9. The van der Waals surface area contributed by atoms with Crippen LogP contribution in [0.5, 0.6) is 5.75 Å². The summed E-state index contributed by atoms with van der Waals surface area (Å²) in [5.74, 6) is 0.732. The van der Waals surface area contributed by atoms with Crippen molar-refractivity contribution in [3.63, 3.8) is 0 Å². The number of aromatic nitrogens is 2. The first-order valence-electron chi connectivity index (χ1n) is 12.3. The molecule has 0 unspecified atom stereocenters. The second-order valence-electron chi connectivity index (χ2n) is 8.86. The molecule has 7 heteroatoms. The molecule has 2 heterocycles. The lowest BCUT2D eigenvalue weighted by atomic mass is 10.0. The first-order chi connectivity index (χ1) is 18.5. The van der Waals surface area contributed by atoms with Gasteiger partial charge in [-0.15, -0.1) is 0 Å². The molecular formula is C31H27N3O2S2. The number of thiocarbonyl (C=S) groups is 1. The third-order valence-corrected chi connectivity index (χ3v) is 7.57. The van der Waals surface area contributed by atoms with Crippen molar-refractivity contribution in [1.82, 2.24) is 14.7 Å². The molecule has 1 aromatic heterocycles. The normalized spacial score (nSPS) is 14.3. The number of benzene rings is 3. The number of hydrogen-bond donors (Lipinski definition) is 0. The lowest BCUT2D eigenvalue weighted by Gasteiger charge is -2.14. The van der Waals surface area contributed by atoms with E-state index in [1.54, 1.807) is 11.0 Å². The highest BCUT2D eigenvalue weighted by molar-refractivity contribution is 8.26. The van der Waals surface area contributed by atoms with Gasteiger partial charge in [0.15, 0.2) is 0 Å². The first kappa shape index (κ1) is 25.7. The minimum Gasteiger partial charge on any atom is -0.489 e. The molecule has 1 aliphatic rings. The highest BCUT2D eigenvalue weighted by atomic mass is 32.2. The number of para-hydroxylation sites is 1. The van der Waals surface area contributed by atoms with E-state index >= 15 is 0 Å². The molecule has 1 fully saturated rings. The van der Waals surface area contributed by atoms with E-state index in [9.17, 15) is 4.79 Å². The molecule has 0 N–H and O–H groups in total. The van der Waals surface area contributed by atoms with Crippen molar-refractivity contribution in [3.05, 3.63) is 119 Å². The summed E-state index contributed by atoms with van der Waals surface area (Å²) in [5.41, 5.74) is 5.67. The Morgan fingerprint density at radius 3 is 2.50 bits per heavy atom. The van der Waals surface area contributed by atoms with Crippen molar-refractivity contribution in [3.8, 4) is 22.7 Å². The van der Waals surface area contributed by atoms with E-state index in [1.807, 2.05) is 84.5 Å².